The molecule has 7 nitrogen and oxygen atoms in total. The van der Waals surface area contributed by atoms with Crippen molar-refractivity contribution in [2.45, 2.75) is 56.7 Å². The maximum atomic E-state index is 13.4. The maximum absolute atomic E-state index is 13.4. The molecule has 0 aromatic heterocycles. The standard InChI is InChI=1S/C29H36N2O5/c1-4-11-23(19-26(32)36-29(2)16-17-29)27(33)30-24(18-21-12-7-5-8-13-21)28(34)31-25(20-35-3)22-14-9-6-10-15-22/h4-10,12-15,23-25H,1,11,16-20H2,2-3H3,(H,30,33)(H,31,34)/t23-,24+,25-/m1/s1. The van der Waals surface area contributed by atoms with Crippen molar-refractivity contribution in [3.05, 3.63) is 84.4 Å². The van der Waals surface area contributed by atoms with Gasteiger partial charge in [0.1, 0.15) is 11.6 Å². The number of carbonyl (C=O) groups excluding carboxylic acids is 3. The average Bonchev–Trinajstić information content (AvgIpc) is 3.60. The first-order valence-electron chi connectivity index (χ1n) is 12.3. The largest absolute Gasteiger partial charge is 0.459 e. The van der Waals surface area contributed by atoms with E-state index in [1.165, 1.54) is 0 Å². The van der Waals surface area contributed by atoms with E-state index in [-0.39, 0.29) is 30.9 Å². The monoisotopic (exact) mass is 492 g/mol. The number of rotatable bonds is 14. The Morgan fingerprint density at radius 2 is 1.64 bits per heavy atom. The zero-order chi connectivity index (χ0) is 26.0. The van der Waals surface area contributed by atoms with Crippen LogP contribution in [0.4, 0.5) is 0 Å². The summed E-state index contributed by atoms with van der Waals surface area (Å²) in [6.07, 6.45) is 3.81. The topological polar surface area (TPSA) is 93.7 Å². The number of benzene rings is 2. The van der Waals surface area contributed by atoms with Crippen molar-refractivity contribution in [3.63, 3.8) is 0 Å². The lowest BCUT2D eigenvalue weighted by molar-refractivity contribution is -0.153. The molecule has 1 fully saturated rings. The number of esters is 1. The highest BCUT2D eigenvalue weighted by Gasteiger charge is 2.42. The van der Waals surface area contributed by atoms with Crippen molar-refractivity contribution in [1.29, 1.82) is 0 Å². The van der Waals surface area contributed by atoms with Gasteiger partial charge in [-0.25, -0.2) is 0 Å². The van der Waals surface area contributed by atoms with E-state index in [1.54, 1.807) is 13.2 Å². The first-order chi connectivity index (χ1) is 17.3. The molecular weight excluding hydrogens is 456 g/mol. The van der Waals surface area contributed by atoms with Crippen molar-refractivity contribution in [1.82, 2.24) is 10.6 Å². The van der Waals surface area contributed by atoms with Gasteiger partial charge in [-0.05, 0) is 37.3 Å². The molecule has 2 aromatic carbocycles. The number of amides is 2. The predicted octanol–water partition coefficient (Wildman–Crippen LogP) is 3.90. The molecule has 0 saturated heterocycles. The molecule has 7 heteroatoms. The molecule has 0 radical (unpaired) electrons. The van der Waals surface area contributed by atoms with Crippen LogP contribution in [0.25, 0.3) is 0 Å². The van der Waals surface area contributed by atoms with Crippen molar-refractivity contribution in [2.24, 2.45) is 5.92 Å². The fraction of sp³-hybridized carbons (Fsp3) is 0.414. The van der Waals surface area contributed by atoms with Gasteiger partial charge in [0, 0.05) is 13.5 Å². The van der Waals surface area contributed by atoms with E-state index in [2.05, 4.69) is 17.2 Å². The quantitative estimate of drug-likeness (QED) is 0.308. The summed E-state index contributed by atoms with van der Waals surface area (Å²) in [5, 5.41) is 5.91. The predicted molar refractivity (Wildman–Crippen MR) is 138 cm³/mol. The maximum Gasteiger partial charge on any atom is 0.307 e. The molecule has 1 saturated carbocycles. The van der Waals surface area contributed by atoms with Crippen LogP contribution in [-0.4, -0.2) is 43.1 Å². The SMILES string of the molecule is C=CC[C@H](CC(=O)OC1(C)CC1)C(=O)N[C@@H](Cc1ccccc1)C(=O)N[C@H](COC)c1ccccc1. The third-order valence-electron chi connectivity index (χ3n) is 6.32. The third kappa shape index (κ3) is 8.34. The Kier molecular flexibility index (Phi) is 9.82. The molecule has 3 atom stereocenters. The van der Waals surface area contributed by atoms with Crippen LogP contribution in [0.3, 0.4) is 0 Å². The second kappa shape index (κ2) is 13.0. The summed E-state index contributed by atoms with van der Waals surface area (Å²) >= 11 is 0. The first kappa shape index (κ1) is 27.1. The molecular formula is C29H36N2O5. The van der Waals surface area contributed by atoms with Crippen LogP contribution < -0.4 is 10.6 Å². The van der Waals surface area contributed by atoms with Gasteiger partial charge >= 0.3 is 5.97 Å². The van der Waals surface area contributed by atoms with Gasteiger partial charge in [-0.3, -0.25) is 14.4 Å². The van der Waals surface area contributed by atoms with Crippen molar-refractivity contribution >= 4 is 17.8 Å². The third-order valence-corrected chi connectivity index (χ3v) is 6.32. The lowest BCUT2D eigenvalue weighted by Crippen LogP contribution is -2.51. The van der Waals surface area contributed by atoms with Crippen molar-refractivity contribution in [2.75, 3.05) is 13.7 Å². The Morgan fingerprint density at radius 1 is 1.00 bits per heavy atom. The fourth-order valence-electron chi connectivity index (χ4n) is 3.97. The van der Waals surface area contributed by atoms with E-state index in [0.717, 1.165) is 24.0 Å². The Balaban J connectivity index is 1.74. The van der Waals surface area contributed by atoms with Crippen LogP contribution in [0.5, 0.6) is 0 Å². The van der Waals surface area contributed by atoms with Crippen molar-refractivity contribution in [3.8, 4) is 0 Å². The molecule has 192 valence electrons. The molecule has 1 aliphatic carbocycles. The molecule has 0 aliphatic heterocycles. The molecule has 2 N–H and O–H groups in total. The van der Waals surface area contributed by atoms with Crippen LogP contribution >= 0.6 is 0 Å². The van der Waals surface area contributed by atoms with Crippen LogP contribution in [0.1, 0.15) is 49.8 Å². The molecule has 0 bridgehead atoms. The smallest absolute Gasteiger partial charge is 0.307 e. The molecule has 0 heterocycles. The highest BCUT2D eigenvalue weighted by Crippen LogP contribution is 2.39. The van der Waals surface area contributed by atoms with Gasteiger partial charge in [-0.1, -0.05) is 66.7 Å². The fourth-order valence-corrected chi connectivity index (χ4v) is 3.97. The lowest BCUT2D eigenvalue weighted by Gasteiger charge is -2.25. The van der Waals surface area contributed by atoms with Crippen LogP contribution in [0.15, 0.2) is 73.3 Å². The van der Waals surface area contributed by atoms with E-state index in [1.807, 2.05) is 67.6 Å². The van der Waals surface area contributed by atoms with E-state index in [0.29, 0.717) is 12.8 Å². The number of carbonyl (C=O) groups is 3. The molecule has 3 rings (SSSR count). The van der Waals surface area contributed by atoms with E-state index >= 15 is 0 Å². The number of ether oxygens (including phenoxy) is 2. The second-order valence-corrected chi connectivity index (χ2v) is 9.53. The van der Waals surface area contributed by atoms with Gasteiger partial charge in [0.25, 0.3) is 0 Å². The molecule has 1 aliphatic rings. The van der Waals surface area contributed by atoms with E-state index in [4.69, 9.17) is 9.47 Å². The number of hydrogen-bond acceptors (Lipinski definition) is 5. The van der Waals surface area contributed by atoms with E-state index in [9.17, 15) is 14.4 Å². The van der Waals surface area contributed by atoms with Crippen LogP contribution in [-0.2, 0) is 30.3 Å². The first-order valence-corrected chi connectivity index (χ1v) is 12.3. The number of methoxy groups -OCH3 is 1. The number of hydrogen-bond donors (Lipinski definition) is 2. The highest BCUT2D eigenvalue weighted by atomic mass is 16.6. The molecule has 2 aromatic rings. The Bertz CT molecular complexity index is 1020. The summed E-state index contributed by atoms with van der Waals surface area (Å²) in [5.41, 5.74) is 1.40. The summed E-state index contributed by atoms with van der Waals surface area (Å²) in [5.74, 6) is -1.80. The normalized spacial score (nSPS) is 16.2. The van der Waals surface area contributed by atoms with Gasteiger partial charge in [0.05, 0.1) is 25.0 Å². The Hall–Kier alpha value is -3.45. The zero-order valence-electron chi connectivity index (χ0n) is 21.1. The number of allylic oxidation sites excluding steroid dienone is 1. The lowest BCUT2D eigenvalue weighted by atomic mass is 9.98. The molecule has 0 unspecified atom stereocenters. The summed E-state index contributed by atoms with van der Waals surface area (Å²) in [6.45, 7) is 5.90. The molecule has 2 amide bonds. The minimum atomic E-state index is -0.841. The van der Waals surface area contributed by atoms with Crippen LogP contribution in [0, 0.1) is 5.92 Å². The minimum absolute atomic E-state index is 0.0660. The Labute approximate surface area is 213 Å². The van der Waals surface area contributed by atoms with Gasteiger partial charge in [-0.2, -0.15) is 0 Å². The van der Waals surface area contributed by atoms with E-state index < -0.39 is 23.5 Å². The van der Waals surface area contributed by atoms with Gasteiger partial charge in [0.15, 0.2) is 0 Å². The molecule has 0 spiro atoms. The Morgan fingerprint density at radius 3 is 2.22 bits per heavy atom. The average molecular weight is 493 g/mol. The van der Waals surface area contributed by atoms with Gasteiger partial charge < -0.3 is 20.1 Å². The second-order valence-electron chi connectivity index (χ2n) is 9.53. The van der Waals surface area contributed by atoms with Gasteiger partial charge in [-0.15, -0.1) is 6.58 Å². The summed E-state index contributed by atoms with van der Waals surface area (Å²) in [4.78, 5) is 39.2. The minimum Gasteiger partial charge on any atom is -0.459 e. The summed E-state index contributed by atoms with van der Waals surface area (Å²) < 4.78 is 10.8. The summed E-state index contributed by atoms with van der Waals surface area (Å²) in [7, 11) is 1.58. The number of nitrogens with one attached hydrogen (secondary N) is 2. The summed E-state index contributed by atoms with van der Waals surface area (Å²) in [6, 6.07) is 17.8. The highest BCUT2D eigenvalue weighted by molar-refractivity contribution is 5.90. The van der Waals surface area contributed by atoms with Gasteiger partial charge in [0.2, 0.25) is 11.8 Å². The van der Waals surface area contributed by atoms with Crippen LogP contribution in [0.2, 0.25) is 0 Å². The van der Waals surface area contributed by atoms with Crippen molar-refractivity contribution < 1.29 is 23.9 Å². The molecule has 36 heavy (non-hydrogen) atoms. The zero-order valence-corrected chi connectivity index (χ0v) is 21.1.